The van der Waals surface area contributed by atoms with Crippen molar-refractivity contribution in [2.45, 2.75) is 58.7 Å². The standard InChI is InChI=1S/C29H36ClF2N7O3/c1-15(33)13-34-25(29(2,3)4)28(41)39-10-6-7-21(39)27(40)38-20-11-16-19(12-22(20)42-5)35-14-36-26(16)37-18-9-8-17(31)23(30)24(18)32/h8-9,11-12,14-15,21,25,34H,6-7,10,13,33H2,1-5H3,(H,38,40)(H,35,36,37)/t15-,21-,25+/m0/s1. The van der Waals surface area contributed by atoms with E-state index in [0.29, 0.717) is 48.3 Å². The summed E-state index contributed by atoms with van der Waals surface area (Å²) in [6, 6.07) is 4.09. The molecule has 5 N–H and O–H groups in total. The van der Waals surface area contributed by atoms with Crippen LogP contribution in [-0.2, 0) is 9.59 Å². The van der Waals surface area contributed by atoms with Gasteiger partial charge in [0, 0.05) is 30.6 Å². The Hall–Kier alpha value is -3.61. The monoisotopic (exact) mass is 603 g/mol. The maximum absolute atomic E-state index is 14.6. The second kappa shape index (κ2) is 12.7. The molecule has 4 rings (SSSR count). The number of anilines is 3. The molecule has 1 aliphatic rings. The molecule has 0 spiro atoms. The Kier molecular flexibility index (Phi) is 9.49. The summed E-state index contributed by atoms with van der Waals surface area (Å²) in [5, 5.41) is 8.78. The van der Waals surface area contributed by atoms with E-state index in [0.717, 1.165) is 6.07 Å². The van der Waals surface area contributed by atoms with Gasteiger partial charge in [0.1, 0.15) is 34.8 Å². The number of nitrogens with one attached hydrogen (secondary N) is 3. The number of nitrogens with two attached hydrogens (primary N) is 1. The lowest BCUT2D eigenvalue weighted by Crippen LogP contribution is -2.57. The number of rotatable bonds is 9. The maximum atomic E-state index is 14.6. The Morgan fingerprint density at radius 2 is 1.95 bits per heavy atom. The van der Waals surface area contributed by atoms with Crippen LogP contribution in [0.2, 0.25) is 5.02 Å². The van der Waals surface area contributed by atoms with Crippen LogP contribution in [-0.4, -0.2) is 65.0 Å². The van der Waals surface area contributed by atoms with E-state index in [4.69, 9.17) is 22.1 Å². The van der Waals surface area contributed by atoms with Gasteiger partial charge in [0.2, 0.25) is 11.8 Å². The molecule has 13 heteroatoms. The van der Waals surface area contributed by atoms with Crippen LogP contribution in [0.25, 0.3) is 10.9 Å². The topological polar surface area (TPSA) is 135 Å². The maximum Gasteiger partial charge on any atom is 0.247 e. The lowest BCUT2D eigenvalue weighted by molar-refractivity contribution is -0.140. The van der Waals surface area contributed by atoms with Gasteiger partial charge in [-0.25, -0.2) is 18.7 Å². The molecule has 0 saturated carbocycles. The number of benzene rings is 2. The number of halogens is 3. The number of ether oxygens (including phenoxy) is 1. The summed E-state index contributed by atoms with van der Waals surface area (Å²) < 4.78 is 33.8. The summed E-state index contributed by atoms with van der Waals surface area (Å²) in [4.78, 5) is 37.4. The zero-order chi connectivity index (χ0) is 30.8. The van der Waals surface area contributed by atoms with Crippen molar-refractivity contribution in [1.82, 2.24) is 20.2 Å². The molecule has 226 valence electrons. The molecule has 1 aliphatic heterocycles. The number of carbonyl (C=O) groups excluding carboxylic acids is 2. The first kappa shape index (κ1) is 31.3. The van der Waals surface area contributed by atoms with Gasteiger partial charge < -0.3 is 31.3 Å². The fourth-order valence-corrected chi connectivity index (χ4v) is 5.12. The third kappa shape index (κ3) is 6.71. The molecular weight excluding hydrogens is 568 g/mol. The summed E-state index contributed by atoms with van der Waals surface area (Å²) in [5.74, 6) is -1.86. The predicted octanol–water partition coefficient (Wildman–Crippen LogP) is 4.59. The first-order chi connectivity index (χ1) is 19.8. The molecule has 0 bridgehead atoms. The molecule has 1 saturated heterocycles. The minimum atomic E-state index is -0.972. The zero-order valence-electron chi connectivity index (χ0n) is 24.2. The van der Waals surface area contributed by atoms with E-state index in [2.05, 4.69) is 25.9 Å². The van der Waals surface area contributed by atoms with Crippen molar-refractivity contribution in [2.24, 2.45) is 11.1 Å². The molecule has 3 atom stereocenters. The van der Waals surface area contributed by atoms with Gasteiger partial charge >= 0.3 is 0 Å². The van der Waals surface area contributed by atoms with Gasteiger partial charge in [-0.2, -0.15) is 0 Å². The highest BCUT2D eigenvalue weighted by Gasteiger charge is 2.41. The lowest BCUT2D eigenvalue weighted by atomic mass is 9.85. The molecule has 42 heavy (non-hydrogen) atoms. The van der Waals surface area contributed by atoms with Crippen LogP contribution in [0, 0.1) is 17.0 Å². The van der Waals surface area contributed by atoms with Crippen LogP contribution < -0.4 is 26.4 Å². The van der Waals surface area contributed by atoms with Gasteiger partial charge in [-0.3, -0.25) is 9.59 Å². The van der Waals surface area contributed by atoms with Gasteiger partial charge in [0.05, 0.1) is 30.0 Å². The smallest absolute Gasteiger partial charge is 0.247 e. The fourth-order valence-electron chi connectivity index (χ4n) is 4.95. The normalized spacial score (nSPS) is 16.8. The van der Waals surface area contributed by atoms with Crippen LogP contribution in [0.4, 0.5) is 26.0 Å². The number of hydrogen-bond acceptors (Lipinski definition) is 8. The molecular formula is C29H36ClF2N7O3. The van der Waals surface area contributed by atoms with Gasteiger partial charge in [0.15, 0.2) is 5.82 Å². The van der Waals surface area contributed by atoms with Crippen molar-refractivity contribution in [3.05, 3.63) is 47.2 Å². The van der Waals surface area contributed by atoms with Crippen molar-refractivity contribution >= 4 is 51.5 Å². The molecule has 0 unspecified atom stereocenters. The third-order valence-corrected chi connectivity index (χ3v) is 7.44. The summed E-state index contributed by atoms with van der Waals surface area (Å²) in [6.07, 6.45) is 2.45. The lowest BCUT2D eigenvalue weighted by Gasteiger charge is -2.36. The van der Waals surface area contributed by atoms with Crippen LogP contribution in [0.3, 0.4) is 0 Å². The molecule has 0 aliphatic carbocycles. The van der Waals surface area contributed by atoms with Crippen molar-refractivity contribution < 1.29 is 23.1 Å². The number of fused-ring (bicyclic) bond motifs is 1. The predicted molar refractivity (Wildman–Crippen MR) is 159 cm³/mol. The van der Waals surface area contributed by atoms with E-state index < -0.39 is 34.2 Å². The van der Waals surface area contributed by atoms with E-state index in [9.17, 15) is 18.4 Å². The van der Waals surface area contributed by atoms with Crippen molar-refractivity contribution in [3.8, 4) is 5.75 Å². The number of methoxy groups -OCH3 is 1. The largest absolute Gasteiger partial charge is 0.494 e. The van der Waals surface area contributed by atoms with E-state index in [1.165, 1.54) is 19.5 Å². The average molecular weight is 604 g/mol. The molecule has 2 amide bonds. The highest BCUT2D eigenvalue weighted by atomic mass is 35.5. The number of amides is 2. The third-order valence-electron chi connectivity index (χ3n) is 7.10. The highest BCUT2D eigenvalue weighted by molar-refractivity contribution is 6.31. The van der Waals surface area contributed by atoms with Gasteiger partial charge in [0.25, 0.3) is 0 Å². The molecule has 2 aromatic carbocycles. The quantitative estimate of drug-likeness (QED) is 0.261. The van der Waals surface area contributed by atoms with Crippen LogP contribution >= 0.6 is 11.6 Å². The molecule has 2 heterocycles. The van der Waals surface area contributed by atoms with Crippen molar-refractivity contribution in [1.29, 1.82) is 0 Å². The summed E-state index contributed by atoms with van der Waals surface area (Å²) in [7, 11) is 1.45. The number of likely N-dealkylation sites (tertiary alicyclic amines) is 1. The molecule has 0 radical (unpaired) electrons. The summed E-state index contributed by atoms with van der Waals surface area (Å²) in [6.45, 7) is 8.67. The Morgan fingerprint density at radius 1 is 1.21 bits per heavy atom. The van der Waals surface area contributed by atoms with E-state index in [1.807, 2.05) is 27.7 Å². The molecule has 1 fully saturated rings. The van der Waals surface area contributed by atoms with Crippen LogP contribution in [0.1, 0.15) is 40.5 Å². The molecule has 3 aromatic rings. The minimum absolute atomic E-state index is 0.0889. The fraction of sp³-hybridized carbons (Fsp3) is 0.448. The van der Waals surface area contributed by atoms with E-state index >= 15 is 0 Å². The van der Waals surface area contributed by atoms with Crippen LogP contribution in [0.15, 0.2) is 30.6 Å². The number of hydrogen-bond donors (Lipinski definition) is 4. The average Bonchev–Trinajstić information content (AvgIpc) is 3.43. The summed E-state index contributed by atoms with van der Waals surface area (Å²) in [5.41, 5.74) is 6.18. The molecule has 1 aromatic heterocycles. The Bertz CT molecular complexity index is 1480. The Morgan fingerprint density at radius 3 is 2.62 bits per heavy atom. The first-order valence-corrected chi connectivity index (χ1v) is 14.0. The van der Waals surface area contributed by atoms with E-state index in [1.54, 1.807) is 17.0 Å². The SMILES string of the molecule is COc1cc2ncnc(Nc3ccc(F)c(Cl)c3F)c2cc1NC(=O)[C@@H]1CCCN1C(=O)[C@@H](NC[C@H](C)N)C(C)(C)C. The summed E-state index contributed by atoms with van der Waals surface area (Å²) >= 11 is 5.74. The van der Waals surface area contributed by atoms with Crippen LogP contribution in [0.5, 0.6) is 5.75 Å². The highest BCUT2D eigenvalue weighted by Crippen LogP contribution is 2.35. The minimum Gasteiger partial charge on any atom is -0.494 e. The van der Waals surface area contributed by atoms with Gasteiger partial charge in [-0.05, 0) is 43.4 Å². The van der Waals surface area contributed by atoms with Gasteiger partial charge in [-0.1, -0.05) is 32.4 Å². The zero-order valence-corrected chi connectivity index (χ0v) is 25.0. The Labute approximate surface area is 248 Å². The number of carbonyl (C=O) groups is 2. The molecule has 10 nitrogen and oxygen atoms in total. The second-order valence-corrected chi connectivity index (χ2v) is 11.9. The first-order valence-electron chi connectivity index (χ1n) is 13.7. The number of aromatic nitrogens is 2. The van der Waals surface area contributed by atoms with Crippen molar-refractivity contribution in [2.75, 3.05) is 30.8 Å². The van der Waals surface area contributed by atoms with E-state index in [-0.39, 0.29) is 29.4 Å². The number of nitrogens with zero attached hydrogens (tertiary/aromatic N) is 3. The van der Waals surface area contributed by atoms with Crippen molar-refractivity contribution in [3.63, 3.8) is 0 Å². The Balaban J connectivity index is 1.62. The second-order valence-electron chi connectivity index (χ2n) is 11.5. The van der Waals surface area contributed by atoms with Gasteiger partial charge in [-0.15, -0.1) is 0 Å².